The summed E-state index contributed by atoms with van der Waals surface area (Å²) in [5, 5.41) is 16.9. The summed E-state index contributed by atoms with van der Waals surface area (Å²) < 4.78 is 1.84. The molecule has 5 nitrogen and oxygen atoms in total. The largest absolute Gasteiger partial charge is 0.343 e. The van der Waals surface area contributed by atoms with Gasteiger partial charge in [0.05, 0.1) is 6.20 Å². The summed E-state index contributed by atoms with van der Waals surface area (Å²) in [6, 6.07) is 2.17. The van der Waals surface area contributed by atoms with E-state index in [1.807, 2.05) is 10.8 Å². The Bertz CT molecular complexity index is 651. The maximum absolute atomic E-state index is 12.3. The number of ketones is 1. The van der Waals surface area contributed by atoms with Crippen LogP contribution in [0, 0.1) is 17.2 Å². The van der Waals surface area contributed by atoms with Crippen molar-refractivity contribution < 1.29 is 4.79 Å². The number of carbonyl (C=O) groups excluding carboxylic acids is 1. The van der Waals surface area contributed by atoms with Gasteiger partial charge in [-0.25, -0.2) is 4.68 Å². The summed E-state index contributed by atoms with van der Waals surface area (Å²) >= 11 is 0. The van der Waals surface area contributed by atoms with Crippen molar-refractivity contribution in [3.63, 3.8) is 0 Å². The third-order valence-electron chi connectivity index (χ3n) is 4.41. The number of anilines is 1. The lowest BCUT2D eigenvalue weighted by atomic mass is 9.87. The Balaban J connectivity index is 2.07. The van der Waals surface area contributed by atoms with Crippen LogP contribution in [0.25, 0.3) is 0 Å². The minimum absolute atomic E-state index is 0.0958. The smallest absolute Gasteiger partial charge is 0.160 e. The first-order valence-corrected chi connectivity index (χ1v) is 8.77. The Kier molecular flexibility index (Phi) is 6.80. The van der Waals surface area contributed by atoms with Gasteiger partial charge in [-0.2, -0.15) is 10.4 Å². The third kappa shape index (κ3) is 4.58. The summed E-state index contributed by atoms with van der Waals surface area (Å²) in [5.41, 5.74) is 1.40. The molecule has 1 aromatic heterocycles. The standard InChI is InChI=1S/C19H26N4O/c1-3-5-7-11-23-19(16(13-20)14-21-23)22-17-10-9-15(8-6-4-2)18(24)12-17/h4,12,14-15,22H,2-3,5-11H2,1H3. The molecule has 0 radical (unpaired) electrons. The van der Waals surface area contributed by atoms with Gasteiger partial charge in [-0.05, 0) is 32.1 Å². The second-order valence-corrected chi connectivity index (χ2v) is 6.25. The lowest BCUT2D eigenvalue weighted by molar-refractivity contribution is -0.119. The molecule has 1 aliphatic rings. The molecule has 2 rings (SSSR count). The van der Waals surface area contributed by atoms with E-state index in [4.69, 9.17) is 0 Å². The highest BCUT2D eigenvalue weighted by Gasteiger charge is 2.23. The molecule has 1 aliphatic carbocycles. The number of nitrogens with one attached hydrogen (secondary N) is 1. The number of aryl methyl sites for hydroxylation is 1. The van der Waals surface area contributed by atoms with Crippen LogP contribution in [0.4, 0.5) is 5.82 Å². The Hall–Kier alpha value is -2.35. The number of rotatable bonds is 9. The molecule has 0 aliphatic heterocycles. The highest BCUT2D eigenvalue weighted by molar-refractivity contribution is 5.93. The second kappa shape index (κ2) is 9.07. The topological polar surface area (TPSA) is 70.7 Å². The van der Waals surface area contributed by atoms with Gasteiger partial charge < -0.3 is 5.32 Å². The SMILES string of the molecule is C=CCCC1CCC(Nc2c(C#N)cnn2CCCCC)=CC1=O. The minimum Gasteiger partial charge on any atom is -0.343 e. The van der Waals surface area contributed by atoms with Gasteiger partial charge in [-0.1, -0.05) is 25.8 Å². The molecule has 0 amide bonds. The molecule has 1 heterocycles. The number of hydrogen-bond donors (Lipinski definition) is 1. The van der Waals surface area contributed by atoms with Crippen LogP contribution < -0.4 is 5.32 Å². The highest BCUT2D eigenvalue weighted by atomic mass is 16.1. The number of allylic oxidation sites excluding steroid dienone is 3. The molecule has 0 aromatic carbocycles. The first kappa shape index (κ1) is 18.0. The maximum atomic E-state index is 12.3. The van der Waals surface area contributed by atoms with Crippen molar-refractivity contribution in [2.24, 2.45) is 5.92 Å². The Morgan fingerprint density at radius 1 is 1.54 bits per heavy atom. The van der Waals surface area contributed by atoms with Gasteiger partial charge in [-0.15, -0.1) is 6.58 Å². The number of nitrogens with zero attached hydrogens (tertiary/aromatic N) is 3. The first-order valence-electron chi connectivity index (χ1n) is 8.77. The van der Waals surface area contributed by atoms with Crippen molar-refractivity contribution in [1.29, 1.82) is 5.26 Å². The molecule has 24 heavy (non-hydrogen) atoms. The molecule has 0 saturated carbocycles. The molecule has 1 unspecified atom stereocenters. The van der Waals surface area contributed by atoms with Crippen molar-refractivity contribution in [3.8, 4) is 6.07 Å². The average molecular weight is 326 g/mol. The average Bonchev–Trinajstić information content (AvgIpc) is 2.96. The van der Waals surface area contributed by atoms with Gasteiger partial charge in [0.15, 0.2) is 5.78 Å². The third-order valence-corrected chi connectivity index (χ3v) is 4.41. The number of aromatic nitrogens is 2. The predicted molar refractivity (Wildman–Crippen MR) is 95.3 cm³/mol. The van der Waals surface area contributed by atoms with Crippen molar-refractivity contribution in [1.82, 2.24) is 9.78 Å². The fourth-order valence-corrected chi connectivity index (χ4v) is 2.97. The Morgan fingerprint density at radius 3 is 3.04 bits per heavy atom. The zero-order valence-electron chi connectivity index (χ0n) is 14.4. The van der Waals surface area contributed by atoms with Crippen LogP contribution in [-0.2, 0) is 11.3 Å². The predicted octanol–water partition coefficient (Wildman–Crippen LogP) is 4.19. The second-order valence-electron chi connectivity index (χ2n) is 6.25. The Labute approximate surface area is 144 Å². The molecular weight excluding hydrogens is 300 g/mol. The quantitative estimate of drug-likeness (QED) is 0.546. The van der Waals surface area contributed by atoms with Crippen molar-refractivity contribution >= 4 is 11.6 Å². The molecular formula is C19H26N4O. The monoisotopic (exact) mass is 326 g/mol. The van der Waals surface area contributed by atoms with Crippen molar-refractivity contribution in [3.05, 3.63) is 36.2 Å². The van der Waals surface area contributed by atoms with Crippen molar-refractivity contribution in [2.45, 2.75) is 58.4 Å². The fraction of sp³-hybridized carbons (Fsp3) is 0.526. The summed E-state index contributed by atoms with van der Waals surface area (Å²) in [6.45, 7) is 6.65. The number of hydrogen-bond acceptors (Lipinski definition) is 4. The molecule has 0 fully saturated rings. The van der Waals surface area contributed by atoms with Gasteiger partial charge in [0, 0.05) is 24.2 Å². The van der Waals surface area contributed by atoms with Gasteiger partial charge in [0.2, 0.25) is 0 Å². The van der Waals surface area contributed by atoms with E-state index in [9.17, 15) is 10.1 Å². The van der Waals surface area contributed by atoms with E-state index < -0.39 is 0 Å². The van der Waals surface area contributed by atoms with Crippen LogP contribution in [0.15, 0.2) is 30.6 Å². The van der Waals surface area contributed by atoms with Crippen LogP contribution in [0.2, 0.25) is 0 Å². The van der Waals surface area contributed by atoms with E-state index in [1.165, 1.54) is 0 Å². The molecule has 128 valence electrons. The van der Waals surface area contributed by atoms with Crippen LogP contribution in [0.1, 0.15) is 57.4 Å². The van der Waals surface area contributed by atoms with E-state index in [-0.39, 0.29) is 11.7 Å². The molecule has 1 atom stereocenters. The molecule has 0 spiro atoms. The normalized spacial score (nSPS) is 17.2. The van der Waals surface area contributed by atoms with E-state index in [1.54, 1.807) is 12.3 Å². The van der Waals surface area contributed by atoms with E-state index in [0.29, 0.717) is 11.4 Å². The van der Waals surface area contributed by atoms with E-state index >= 15 is 0 Å². The first-order chi connectivity index (χ1) is 11.7. The molecule has 0 bridgehead atoms. The highest BCUT2D eigenvalue weighted by Crippen LogP contribution is 2.27. The zero-order valence-corrected chi connectivity index (χ0v) is 14.4. The van der Waals surface area contributed by atoms with Crippen LogP contribution in [-0.4, -0.2) is 15.6 Å². The van der Waals surface area contributed by atoms with Crippen molar-refractivity contribution in [2.75, 3.05) is 5.32 Å². The summed E-state index contributed by atoms with van der Waals surface area (Å²) in [7, 11) is 0. The van der Waals surface area contributed by atoms with Crippen LogP contribution in [0.3, 0.4) is 0 Å². The Morgan fingerprint density at radius 2 is 2.38 bits per heavy atom. The zero-order chi connectivity index (χ0) is 17.4. The molecule has 1 N–H and O–H groups in total. The maximum Gasteiger partial charge on any atom is 0.160 e. The molecule has 5 heteroatoms. The van der Waals surface area contributed by atoms with Gasteiger partial charge in [-0.3, -0.25) is 4.79 Å². The van der Waals surface area contributed by atoms with E-state index in [0.717, 1.165) is 57.2 Å². The summed E-state index contributed by atoms with van der Waals surface area (Å²) in [5.74, 6) is 0.969. The van der Waals surface area contributed by atoms with Gasteiger partial charge in [0.25, 0.3) is 0 Å². The number of nitriles is 1. The summed E-state index contributed by atoms with van der Waals surface area (Å²) in [4.78, 5) is 12.3. The number of carbonyl (C=O) groups is 1. The van der Waals surface area contributed by atoms with E-state index in [2.05, 4.69) is 30.0 Å². The molecule has 1 aromatic rings. The molecule has 0 saturated heterocycles. The summed E-state index contributed by atoms with van der Waals surface area (Å²) in [6.07, 6.45) is 11.8. The fourth-order valence-electron chi connectivity index (χ4n) is 2.97. The van der Waals surface area contributed by atoms with Gasteiger partial charge >= 0.3 is 0 Å². The minimum atomic E-state index is 0.0958. The lowest BCUT2D eigenvalue weighted by Crippen LogP contribution is -2.21. The number of unbranched alkanes of at least 4 members (excludes halogenated alkanes) is 2. The lowest BCUT2D eigenvalue weighted by Gasteiger charge is -2.21. The van der Waals surface area contributed by atoms with Crippen LogP contribution >= 0.6 is 0 Å². The van der Waals surface area contributed by atoms with Gasteiger partial charge in [0.1, 0.15) is 17.5 Å². The van der Waals surface area contributed by atoms with Crippen LogP contribution in [0.5, 0.6) is 0 Å².